The average molecular weight is 378 g/mol. The summed E-state index contributed by atoms with van der Waals surface area (Å²) in [7, 11) is 0. The molecule has 2 heterocycles. The van der Waals surface area contributed by atoms with Crippen LogP contribution in [0.3, 0.4) is 0 Å². The van der Waals surface area contributed by atoms with E-state index in [2.05, 4.69) is 48.7 Å². The van der Waals surface area contributed by atoms with Gasteiger partial charge in [0.1, 0.15) is 6.54 Å². The van der Waals surface area contributed by atoms with Crippen molar-refractivity contribution >= 4 is 17.7 Å². The SMILES string of the molecule is CC(C)N1CC(c2cccc3c2Cc2ccccc2CS3)N(C#N)CC1=O. The fourth-order valence-electron chi connectivity index (χ4n) is 4.04. The van der Waals surface area contributed by atoms with Gasteiger partial charge in [0, 0.05) is 23.2 Å². The monoisotopic (exact) mass is 377 g/mol. The Kier molecular flexibility index (Phi) is 4.84. The second kappa shape index (κ2) is 7.28. The van der Waals surface area contributed by atoms with Crippen LogP contribution in [-0.2, 0) is 17.0 Å². The van der Waals surface area contributed by atoms with Crippen molar-refractivity contribution in [2.75, 3.05) is 13.1 Å². The molecule has 1 fully saturated rings. The molecule has 2 aromatic carbocycles. The third-order valence-corrected chi connectivity index (χ3v) is 6.67. The highest BCUT2D eigenvalue weighted by Crippen LogP contribution is 2.39. The molecular formula is C22H23N3OS. The Bertz CT molecular complexity index is 918. The second-order valence-corrected chi connectivity index (χ2v) is 8.46. The van der Waals surface area contributed by atoms with Crippen molar-refractivity contribution in [3.63, 3.8) is 0 Å². The van der Waals surface area contributed by atoms with E-state index in [4.69, 9.17) is 0 Å². The van der Waals surface area contributed by atoms with Gasteiger partial charge in [0.15, 0.2) is 6.19 Å². The van der Waals surface area contributed by atoms with Gasteiger partial charge in [-0.3, -0.25) is 9.69 Å². The van der Waals surface area contributed by atoms with Gasteiger partial charge in [-0.1, -0.05) is 36.4 Å². The van der Waals surface area contributed by atoms with E-state index in [9.17, 15) is 10.1 Å². The van der Waals surface area contributed by atoms with Crippen molar-refractivity contribution in [3.05, 3.63) is 64.7 Å². The number of hydrogen-bond acceptors (Lipinski definition) is 4. The summed E-state index contributed by atoms with van der Waals surface area (Å²) >= 11 is 1.86. The molecular weight excluding hydrogens is 354 g/mol. The zero-order valence-electron chi connectivity index (χ0n) is 15.7. The van der Waals surface area contributed by atoms with E-state index in [1.807, 2.05) is 30.5 Å². The van der Waals surface area contributed by atoms with Crippen LogP contribution in [0.5, 0.6) is 0 Å². The smallest absolute Gasteiger partial charge is 0.243 e. The molecule has 1 unspecified atom stereocenters. The van der Waals surface area contributed by atoms with E-state index in [0.29, 0.717) is 6.54 Å². The minimum atomic E-state index is -0.0871. The molecule has 0 bridgehead atoms. The number of rotatable bonds is 2. The summed E-state index contributed by atoms with van der Waals surface area (Å²) in [5.41, 5.74) is 5.21. The van der Waals surface area contributed by atoms with Gasteiger partial charge >= 0.3 is 0 Å². The highest BCUT2D eigenvalue weighted by atomic mass is 32.2. The van der Waals surface area contributed by atoms with Crippen molar-refractivity contribution < 1.29 is 4.79 Å². The number of carbonyl (C=O) groups excluding carboxylic acids is 1. The Morgan fingerprint density at radius 3 is 2.67 bits per heavy atom. The van der Waals surface area contributed by atoms with E-state index in [-0.39, 0.29) is 24.5 Å². The molecule has 1 saturated heterocycles. The van der Waals surface area contributed by atoms with Crippen molar-refractivity contribution in [1.29, 1.82) is 5.26 Å². The first-order chi connectivity index (χ1) is 13.1. The van der Waals surface area contributed by atoms with E-state index >= 15 is 0 Å². The average Bonchev–Trinajstić information content (AvgIpc) is 2.86. The molecule has 1 amide bonds. The molecule has 4 nitrogen and oxygen atoms in total. The minimum absolute atomic E-state index is 0.0320. The summed E-state index contributed by atoms with van der Waals surface area (Å²) in [6.45, 7) is 4.79. The summed E-state index contributed by atoms with van der Waals surface area (Å²) in [6.07, 6.45) is 3.14. The van der Waals surface area contributed by atoms with Crippen LogP contribution in [0.4, 0.5) is 0 Å². The molecule has 0 radical (unpaired) electrons. The first-order valence-electron chi connectivity index (χ1n) is 9.35. The Hall–Kier alpha value is -2.45. The van der Waals surface area contributed by atoms with Crippen LogP contribution < -0.4 is 0 Å². The molecule has 27 heavy (non-hydrogen) atoms. The number of fused-ring (bicyclic) bond motifs is 2. The lowest BCUT2D eigenvalue weighted by Gasteiger charge is -2.41. The Labute approximate surface area is 164 Å². The van der Waals surface area contributed by atoms with Gasteiger partial charge < -0.3 is 4.90 Å². The number of amides is 1. The molecule has 1 atom stereocenters. The normalized spacial score (nSPS) is 19.3. The van der Waals surface area contributed by atoms with Gasteiger partial charge in [0.25, 0.3) is 0 Å². The van der Waals surface area contributed by atoms with Crippen molar-refractivity contribution in [2.45, 2.75) is 43.0 Å². The molecule has 4 rings (SSSR count). The van der Waals surface area contributed by atoms with Gasteiger partial charge in [-0.2, -0.15) is 5.26 Å². The lowest BCUT2D eigenvalue weighted by atomic mass is 9.91. The Morgan fingerprint density at radius 2 is 1.93 bits per heavy atom. The first-order valence-corrected chi connectivity index (χ1v) is 10.3. The summed E-state index contributed by atoms with van der Waals surface area (Å²) in [6, 6.07) is 15.1. The molecule has 2 aliphatic rings. The van der Waals surface area contributed by atoms with Crippen molar-refractivity contribution in [1.82, 2.24) is 9.80 Å². The molecule has 2 aliphatic heterocycles. The number of nitriles is 1. The van der Waals surface area contributed by atoms with Gasteiger partial charge in [-0.15, -0.1) is 11.8 Å². The van der Waals surface area contributed by atoms with Crippen LogP contribution in [0.2, 0.25) is 0 Å². The zero-order valence-corrected chi connectivity index (χ0v) is 16.5. The van der Waals surface area contributed by atoms with Crippen LogP contribution in [0.1, 0.15) is 42.1 Å². The Morgan fingerprint density at radius 1 is 1.15 bits per heavy atom. The highest BCUT2D eigenvalue weighted by Gasteiger charge is 2.35. The Balaban J connectivity index is 1.77. The van der Waals surface area contributed by atoms with Crippen LogP contribution in [0.15, 0.2) is 47.4 Å². The van der Waals surface area contributed by atoms with Crippen LogP contribution in [0, 0.1) is 11.5 Å². The molecule has 2 aromatic rings. The number of hydrogen-bond donors (Lipinski definition) is 0. The third-order valence-electron chi connectivity index (χ3n) is 5.52. The lowest BCUT2D eigenvalue weighted by molar-refractivity contribution is -0.138. The van der Waals surface area contributed by atoms with E-state index in [1.165, 1.54) is 27.1 Å². The molecule has 5 heteroatoms. The predicted octanol–water partition coefficient (Wildman–Crippen LogP) is 3.96. The third kappa shape index (κ3) is 3.30. The highest BCUT2D eigenvalue weighted by molar-refractivity contribution is 7.98. The summed E-state index contributed by atoms with van der Waals surface area (Å²) < 4.78 is 0. The summed E-state index contributed by atoms with van der Waals surface area (Å²) in [5.74, 6) is 1.00. The minimum Gasteiger partial charge on any atom is -0.336 e. The molecule has 138 valence electrons. The second-order valence-electron chi connectivity index (χ2n) is 7.44. The topological polar surface area (TPSA) is 47.3 Å². The van der Waals surface area contributed by atoms with Gasteiger partial charge in [-0.05, 0) is 48.6 Å². The quantitative estimate of drug-likeness (QED) is 0.744. The number of benzene rings is 2. The summed E-state index contributed by atoms with van der Waals surface area (Å²) in [5, 5.41) is 9.68. The fraction of sp³-hybridized carbons (Fsp3) is 0.364. The van der Waals surface area contributed by atoms with E-state index in [0.717, 1.165) is 12.2 Å². The lowest BCUT2D eigenvalue weighted by Crippen LogP contribution is -2.52. The van der Waals surface area contributed by atoms with Crippen LogP contribution >= 0.6 is 11.8 Å². The van der Waals surface area contributed by atoms with Gasteiger partial charge in [-0.25, -0.2) is 0 Å². The first kappa shape index (κ1) is 17.9. The van der Waals surface area contributed by atoms with Gasteiger partial charge in [0.05, 0.1) is 6.04 Å². The molecule has 0 N–H and O–H groups in total. The zero-order chi connectivity index (χ0) is 19.0. The molecule has 0 aromatic heterocycles. The number of piperazine rings is 1. The number of carbonyl (C=O) groups is 1. The maximum Gasteiger partial charge on any atom is 0.243 e. The number of thioether (sulfide) groups is 1. The van der Waals surface area contributed by atoms with Crippen molar-refractivity contribution in [2.24, 2.45) is 0 Å². The van der Waals surface area contributed by atoms with E-state index in [1.54, 1.807) is 4.90 Å². The standard InChI is InChI=1S/C22H23N3OS/c1-15(2)25-11-20(24(14-23)12-22(25)26)18-8-5-9-21-19(18)10-16-6-3-4-7-17(16)13-27-21/h3-9,15,20H,10-13H2,1-2H3. The maximum absolute atomic E-state index is 12.4. The molecule has 0 saturated carbocycles. The van der Waals surface area contributed by atoms with Crippen LogP contribution in [-0.4, -0.2) is 34.8 Å². The largest absolute Gasteiger partial charge is 0.336 e. The molecule has 0 spiro atoms. The molecule has 0 aliphatic carbocycles. The van der Waals surface area contributed by atoms with Gasteiger partial charge in [0.2, 0.25) is 5.91 Å². The maximum atomic E-state index is 12.4. The summed E-state index contributed by atoms with van der Waals surface area (Å²) in [4.78, 5) is 17.3. The van der Waals surface area contributed by atoms with Crippen LogP contribution in [0.25, 0.3) is 0 Å². The van der Waals surface area contributed by atoms with E-state index < -0.39 is 0 Å². The van der Waals surface area contributed by atoms with Crippen molar-refractivity contribution in [3.8, 4) is 6.19 Å². The predicted molar refractivity (Wildman–Crippen MR) is 107 cm³/mol. The fourth-order valence-corrected chi connectivity index (χ4v) is 5.17. The number of nitrogens with zero attached hydrogens (tertiary/aromatic N) is 3.